The molecule has 0 bridgehead atoms. The van der Waals surface area contributed by atoms with Crippen LogP contribution in [0, 0.1) is 0 Å². The smallest absolute Gasteiger partial charge is 0.407 e. The Morgan fingerprint density at radius 1 is 0.971 bits per heavy atom. The van der Waals surface area contributed by atoms with Crippen LogP contribution >= 0.6 is 11.6 Å². The van der Waals surface area contributed by atoms with Crippen molar-refractivity contribution >= 4 is 35.3 Å². The molecule has 0 aliphatic heterocycles. The molecule has 174 valence electrons. The lowest BCUT2D eigenvalue weighted by molar-refractivity contribution is -0.118. The molecular formula is C26H23ClN2O5. The Bertz CT molecular complexity index is 1210. The lowest BCUT2D eigenvalue weighted by atomic mass is 9.98. The number of halogens is 1. The Morgan fingerprint density at radius 3 is 2.18 bits per heavy atom. The predicted molar refractivity (Wildman–Crippen MR) is 129 cm³/mol. The summed E-state index contributed by atoms with van der Waals surface area (Å²) in [4.78, 5) is 36.8. The van der Waals surface area contributed by atoms with Crippen LogP contribution in [-0.2, 0) is 9.53 Å². The van der Waals surface area contributed by atoms with Gasteiger partial charge in [0.15, 0.2) is 0 Å². The molecule has 1 atom stereocenters. The second kappa shape index (κ2) is 9.97. The second-order valence-electron chi connectivity index (χ2n) is 7.89. The Hall–Kier alpha value is -3.84. The van der Waals surface area contributed by atoms with Crippen molar-refractivity contribution in [3.05, 3.63) is 88.4 Å². The minimum absolute atomic E-state index is 0.00263. The zero-order valence-electron chi connectivity index (χ0n) is 18.4. The quantitative estimate of drug-likeness (QED) is 0.427. The number of hydrogen-bond donors (Lipinski definition) is 3. The van der Waals surface area contributed by atoms with E-state index in [1.165, 1.54) is 18.2 Å². The van der Waals surface area contributed by atoms with Crippen molar-refractivity contribution in [2.24, 2.45) is 0 Å². The molecule has 2 amide bonds. The van der Waals surface area contributed by atoms with Gasteiger partial charge in [0, 0.05) is 5.92 Å². The molecule has 0 spiro atoms. The average Bonchev–Trinajstić information content (AvgIpc) is 3.14. The highest BCUT2D eigenvalue weighted by atomic mass is 35.5. The Balaban J connectivity index is 1.42. The minimum Gasteiger partial charge on any atom is -0.478 e. The fourth-order valence-corrected chi connectivity index (χ4v) is 4.46. The molecule has 3 N–H and O–H groups in total. The Labute approximate surface area is 201 Å². The van der Waals surface area contributed by atoms with E-state index >= 15 is 0 Å². The molecule has 3 aromatic rings. The zero-order chi connectivity index (χ0) is 24.2. The molecule has 0 radical (unpaired) electrons. The number of carboxylic acids is 1. The highest BCUT2D eigenvalue weighted by Crippen LogP contribution is 2.44. The van der Waals surface area contributed by atoms with Crippen molar-refractivity contribution in [1.29, 1.82) is 0 Å². The molecule has 4 rings (SSSR count). The van der Waals surface area contributed by atoms with Crippen molar-refractivity contribution in [3.8, 4) is 11.1 Å². The number of alkyl carbamates (subject to hydrolysis) is 1. The standard InChI is InChI=1S/C26H23ClN2O5/c1-2-21(24(30)28-22-13-7-12-20(27)23(22)25(31)32)29-26(33)34-14-19-17-10-5-3-8-15(17)16-9-4-6-11-18(16)19/h3-13,19,21H,2,14H2,1H3,(H,28,30)(H,29,33)(H,31,32)/t21-/m0/s1. The van der Waals surface area contributed by atoms with Crippen LogP contribution in [0.15, 0.2) is 66.7 Å². The van der Waals surface area contributed by atoms with Crippen LogP contribution < -0.4 is 10.6 Å². The molecule has 0 saturated heterocycles. The summed E-state index contributed by atoms with van der Waals surface area (Å²) < 4.78 is 5.51. The van der Waals surface area contributed by atoms with Gasteiger partial charge in [-0.05, 0) is 40.8 Å². The second-order valence-corrected chi connectivity index (χ2v) is 8.29. The van der Waals surface area contributed by atoms with Crippen molar-refractivity contribution < 1.29 is 24.2 Å². The van der Waals surface area contributed by atoms with Crippen LogP contribution in [-0.4, -0.2) is 35.7 Å². The van der Waals surface area contributed by atoms with Gasteiger partial charge in [-0.15, -0.1) is 0 Å². The summed E-state index contributed by atoms with van der Waals surface area (Å²) in [5.74, 6) is -1.93. The first kappa shape index (κ1) is 23.3. The number of carboxylic acid groups (broad SMARTS) is 1. The van der Waals surface area contributed by atoms with Gasteiger partial charge in [-0.2, -0.15) is 0 Å². The number of carbonyl (C=O) groups excluding carboxylic acids is 2. The van der Waals surface area contributed by atoms with Crippen molar-refractivity contribution in [1.82, 2.24) is 5.32 Å². The summed E-state index contributed by atoms with van der Waals surface area (Å²) in [5.41, 5.74) is 4.25. The third-order valence-electron chi connectivity index (χ3n) is 5.85. The molecule has 8 heteroatoms. The molecule has 3 aromatic carbocycles. The van der Waals surface area contributed by atoms with E-state index in [9.17, 15) is 19.5 Å². The van der Waals surface area contributed by atoms with Gasteiger partial charge in [0.1, 0.15) is 18.2 Å². The largest absolute Gasteiger partial charge is 0.478 e. The van der Waals surface area contributed by atoms with E-state index in [0.717, 1.165) is 22.3 Å². The fourth-order valence-electron chi connectivity index (χ4n) is 4.20. The molecular weight excluding hydrogens is 456 g/mol. The van der Waals surface area contributed by atoms with E-state index in [-0.39, 0.29) is 35.2 Å². The number of benzene rings is 3. The Morgan fingerprint density at radius 2 is 1.59 bits per heavy atom. The van der Waals surface area contributed by atoms with Crippen LogP contribution in [0.5, 0.6) is 0 Å². The first-order valence-corrected chi connectivity index (χ1v) is 11.2. The van der Waals surface area contributed by atoms with Crippen LogP contribution in [0.1, 0.15) is 40.7 Å². The van der Waals surface area contributed by atoms with Crippen molar-refractivity contribution in [2.45, 2.75) is 25.3 Å². The summed E-state index contributed by atoms with van der Waals surface area (Å²) >= 11 is 5.96. The molecule has 1 aliphatic carbocycles. The van der Waals surface area contributed by atoms with Crippen molar-refractivity contribution in [2.75, 3.05) is 11.9 Å². The summed E-state index contributed by atoms with van der Waals surface area (Å²) in [6.07, 6.45) is -0.452. The topological polar surface area (TPSA) is 105 Å². The van der Waals surface area contributed by atoms with E-state index < -0.39 is 24.0 Å². The van der Waals surface area contributed by atoms with Gasteiger partial charge in [-0.1, -0.05) is 73.1 Å². The maximum atomic E-state index is 12.7. The number of rotatable bonds is 7. The summed E-state index contributed by atoms with van der Waals surface area (Å²) in [6, 6.07) is 19.5. The molecule has 0 fully saturated rings. The average molecular weight is 479 g/mol. The van der Waals surface area contributed by atoms with Crippen LogP contribution in [0.3, 0.4) is 0 Å². The van der Waals surface area contributed by atoms with Crippen LogP contribution in [0.4, 0.5) is 10.5 Å². The van der Waals surface area contributed by atoms with E-state index in [1.807, 2.05) is 48.5 Å². The number of amides is 2. The molecule has 7 nitrogen and oxygen atoms in total. The van der Waals surface area contributed by atoms with Gasteiger partial charge in [0.2, 0.25) is 5.91 Å². The maximum absolute atomic E-state index is 12.7. The number of ether oxygens (including phenoxy) is 1. The van der Waals surface area contributed by atoms with Crippen LogP contribution in [0.2, 0.25) is 5.02 Å². The summed E-state index contributed by atoms with van der Waals surface area (Å²) in [6.45, 7) is 1.85. The van der Waals surface area contributed by atoms with E-state index in [1.54, 1.807) is 6.92 Å². The third kappa shape index (κ3) is 4.61. The SMILES string of the molecule is CC[C@H](NC(=O)OCC1c2ccccc2-c2ccccc21)C(=O)Nc1cccc(Cl)c1C(=O)O. The first-order chi connectivity index (χ1) is 16.4. The fraction of sp³-hybridized carbons (Fsp3) is 0.192. The third-order valence-corrected chi connectivity index (χ3v) is 6.16. The number of aromatic carboxylic acids is 1. The van der Waals surface area contributed by atoms with Gasteiger partial charge < -0.3 is 20.5 Å². The van der Waals surface area contributed by atoms with E-state index in [2.05, 4.69) is 10.6 Å². The number of hydrogen-bond acceptors (Lipinski definition) is 4. The Kier molecular flexibility index (Phi) is 6.84. The number of nitrogens with one attached hydrogen (secondary N) is 2. The van der Waals surface area contributed by atoms with Gasteiger partial charge in [0.25, 0.3) is 0 Å². The zero-order valence-corrected chi connectivity index (χ0v) is 19.1. The number of anilines is 1. The molecule has 0 saturated carbocycles. The normalized spacial score (nSPS) is 12.9. The number of fused-ring (bicyclic) bond motifs is 3. The van der Waals surface area contributed by atoms with E-state index in [0.29, 0.717) is 0 Å². The highest BCUT2D eigenvalue weighted by Gasteiger charge is 2.30. The molecule has 1 aliphatic rings. The van der Waals surface area contributed by atoms with Crippen LogP contribution in [0.25, 0.3) is 11.1 Å². The van der Waals surface area contributed by atoms with E-state index in [4.69, 9.17) is 16.3 Å². The minimum atomic E-state index is -1.27. The van der Waals surface area contributed by atoms with Gasteiger partial charge in [0.05, 0.1) is 10.7 Å². The van der Waals surface area contributed by atoms with Gasteiger partial charge in [-0.25, -0.2) is 9.59 Å². The monoisotopic (exact) mass is 478 g/mol. The highest BCUT2D eigenvalue weighted by molar-refractivity contribution is 6.34. The maximum Gasteiger partial charge on any atom is 0.407 e. The summed E-state index contributed by atoms with van der Waals surface area (Å²) in [5, 5.41) is 14.5. The number of carbonyl (C=O) groups is 3. The predicted octanol–water partition coefficient (Wildman–Crippen LogP) is 5.29. The summed E-state index contributed by atoms with van der Waals surface area (Å²) in [7, 11) is 0. The first-order valence-electron chi connectivity index (χ1n) is 10.8. The lowest BCUT2D eigenvalue weighted by Crippen LogP contribution is -2.44. The molecule has 0 unspecified atom stereocenters. The lowest BCUT2D eigenvalue weighted by Gasteiger charge is -2.19. The molecule has 34 heavy (non-hydrogen) atoms. The van der Waals surface area contributed by atoms with Gasteiger partial charge >= 0.3 is 12.1 Å². The van der Waals surface area contributed by atoms with Crippen molar-refractivity contribution in [3.63, 3.8) is 0 Å². The van der Waals surface area contributed by atoms with Gasteiger partial charge in [-0.3, -0.25) is 4.79 Å². The molecule has 0 aromatic heterocycles. The molecule has 0 heterocycles.